The van der Waals surface area contributed by atoms with Crippen LogP contribution in [-0.4, -0.2) is 15.0 Å². The third-order valence-electron chi connectivity index (χ3n) is 3.03. The predicted molar refractivity (Wildman–Crippen MR) is 78.2 cm³/mol. The second-order valence-corrected chi connectivity index (χ2v) is 6.28. The zero-order valence-corrected chi connectivity index (χ0v) is 12.2. The van der Waals surface area contributed by atoms with E-state index < -0.39 is 10.0 Å². The summed E-state index contributed by atoms with van der Waals surface area (Å²) < 4.78 is 26.7. The molecule has 0 aliphatic heterocycles. The number of anilines is 1. The zero-order valence-electron chi connectivity index (χ0n) is 11.4. The molecule has 0 aromatic heterocycles. The Morgan fingerprint density at radius 3 is 2.58 bits per heavy atom. The lowest BCUT2D eigenvalue weighted by Gasteiger charge is -2.10. The lowest BCUT2D eigenvalue weighted by molar-refractivity contribution is 0.577. The molecule has 0 atom stereocenters. The molecule has 0 saturated heterocycles. The number of unbranched alkanes of at least 4 members (excludes halogenated alkanes) is 2. The molecule has 0 heterocycles. The van der Waals surface area contributed by atoms with Crippen LogP contribution in [0.4, 0.5) is 5.69 Å². The Balaban J connectivity index is 2.76. The predicted octanol–water partition coefficient (Wildman–Crippen LogP) is 1.97. The quantitative estimate of drug-likeness (QED) is 0.475. The lowest BCUT2D eigenvalue weighted by atomic mass is 10.1. The van der Waals surface area contributed by atoms with Crippen molar-refractivity contribution in [2.45, 2.75) is 38.0 Å². The number of benzene rings is 1. The maximum Gasteiger partial charge on any atom is 0.240 e. The van der Waals surface area contributed by atoms with Gasteiger partial charge in [0.1, 0.15) is 0 Å². The first-order chi connectivity index (χ1) is 8.88. The lowest BCUT2D eigenvalue weighted by Crippen LogP contribution is -2.25. The number of sulfonamides is 1. The molecule has 0 amide bonds. The molecule has 19 heavy (non-hydrogen) atoms. The largest absolute Gasteiger partial charge is 0.398 e. The van der Waals surface area contributed by atoms with E-state index >= 15 is 0 Å². The minimum Gasteiger partial charge on any atom is -0.398 e. The van der Waals surface area contributed by atoms with Crippen LogP contribution < -0.4 is 10.5 Å². The van der Waals surface area contributed by atoms with Crippen molar-refractivity contribution in [2.75, 3.05) is 12.3 Å². The molecular formula is C14H20N2O2S. The first-order valence-corrected chi connectivity index (χ1v) is 7.66. The van der Waals surface area contributed by atoms with Crippen molar-refractivity contribution in [1.29, 1.82) is 0 Å². The van der Waals surface area contributed by atoms with Gasteiger partial charge in [0.05, 0.1) is 4.90 Å². The smallest absolute Gasteiger partial charge is 0.240 e. The summed E-state index contributed by atoms with van der Waals surface area (Å²) >= 11 is 0. The van der Waals surface area contributed by atoms with E-state index in [0.717, 1.165) is 24.0 Å². The van der Waals surface area contributed by atoms with Crippen molar-refractivity contribution in [3.63, 3.8) is 0 Å². The molecule has 0 unspecified atom stereocenters. The molecule has 0 aliphatic carbocycles. The van der Waals surface area contributed by atoms with Gasteiger partial charge in [-0.2, -0.15) is 0 Å². The Bertz CT molecular complexity index is 563. The Labute approximate surface area is 115 Å². The number of hydrogen-bond acceptors (Lipinski definition) is 3. The number of terminal acetylenes is 1. The fraction of sp³-hybridized carbons (Fsp3) is 0.429. The van der Waals surface area contributed by atoms with Crippen LogP contribution in [-0.2, 0) is 10.0 Å². The minimum absolute atomic E-state index is 0.213. The second-order valence-electron chi connectivity index (χ2n) is 4.51. The van der Waals surface area contributed by atoms with Gasteiger partial charge in [0.25, 0.3) is 0 Å². The van der Waals surface area contributed by atoms with Gasteiger partial charge >= 0.3 is 0 Å². The Morgan fingerprint density at radius 1 is 1.32 bits per heavy atom. The minimum atomic E-state index is -3.49. The van der Waals surface area contributed by atoms with Crippen LogP contribution in [0.15, 0.2) is 17.0 Å². The van der Waals surface area contributed by atoms with E-state index in [1.165, 1.54) is 6.07 Å². The number of nitrogens with one attached hydrogen (secondary N) is 1. The second kappa shape index (κ2) is 6.60. The summed E-state index contributed by atoms with van der Waals surface area (Å²) in [7, 11) is -3.49. The molecule has 1 rings (SSSR count). The first-order valence-electron chi connectivity index (χ1n) is 6.18. The molecule has 0 bridgehead atoms. The van der Waals surface area contributed by atoms with Gasteiger partial charge in [0, 0.05) is 18.7 Å². The molecule has 0 fully saturated rings. The van der Waals surface area contributed by atoms with Gasteiger partial charge in [0.2, 0.25) is 10.0 Å². The zero-order chi connectivity index (χ0) is 14.5. The van der Waals surface area contributed by atoms with Gasteiger partial charge < -0.3 is 5.73 Å². The highest BCUT2D eigenvalue weighted by molar-refractivity contribution is 7.89. The summed E-state index contributed by atoms with van der Waals surface area (Å²) in [6, 6.07) is 3.13. The van der Waals surface area contributed by atoms with Gasteiger partial charge in [-0.25, -0.2) is 13.1 Å². The van der Waals surface area contributed by atoms with Crippen LogP contribution in [0, 0.1) is 26.2 Å². The molecule has 1 aromatic rings. The highest BCUT2D eigenvalue weighted by atomic mass is 32.2. The Kier molecular flexibility index (Phi) is 5.40. The van der Waals surface area contributed by atoms with Crippen LogP contribution in [0.25, 0.3) is 0 Å². The molecular weight excluding hydrogens is 260 g/mol. The van der Waals surface area contributed by atoms with Crippen LogP contribution in [0.3, 0.4) is 0 Å². The summed E-state index contributed by atoms with van der Waals surface area (Å²) in [6.45, 7) is 4.10. The van der Waals surface area contributed by atoms with Crippen molar-refractivity contribution < 1.29 is 8.42 Å². The summed E-state index contributed by atoms with van der Waals surface area (Å²) in [5.74, 6) is 2.52. The fourth-order valence-corrected chi connectivity index (χ4v) is 2.84. The summed E-state index contributed by atoms with van der Waals surface area (Å²) in [5.41, 5.74) is 8.07. The molecule has 3 N–H and O–H groups in total. The number of nitrogen functional groups attached to an aromatic ring is 1. The van der Waals surface area contributed by atoms with Crippen molar-refractivity contribution in [3.8, 4) is 12.3 Å². The third-order valence-corrected chi connectivity index (χ3v) is 4.47. The number of nitrogens with two attached hydrogens (primary N) is 1. The number of hydrogen-bond donors (Lipinski definition) is 2. The van der Waals surface area contributed by atoms with Crippen LogP contribution in [0.1, 0.15) is 30.4 Å². The molecule has 4 nitrogen and oxygen atoms in total. The maximum absolute atomic E-state index is 12.1. The molecule has 5 heteroatoms. The van der Waals surface area contributed by atoms with E-state index in [9.17, 15) is 8.42 Å². The van der Waals surface area contributed by atoms with Crippen molar-refractivity contribution in [3.05, 3.63) is 23.3 Å². The monoisotopic (exact) mass is 280 g/mol. The van der Waals surface area contributed by atoms with Gasteiger partial charge in [-0.15, -0.1) is 12.3 Å². The van der Waals surface area contributed by atoms with Crippen molar-refractivity contribution in [1.82, 2.24) is 4.72 Å². The molecule has 0 saturated carbocycles. The summed E-state index contributed by atoms with van der Waals surface area (Å²) in [4.78, 5) is 0.213. The number of aryl methyl sites for hydroxylation is 1. The summed E-state index contributed by atoms with van der Waals surface area (Å²) in [6.07, 6.45) is 7.34. The van der Waals surface area contributed by atoms with Gasteiger partial charge in [-0.05, 0) is 49.9 Å². The van der Waals surface area contributed by atoms with E-state index in [4.69, 9.17) is 12.2 Å². The first kappa shape index (κ1) is 15.5. The summed E-state index contributed by atoms with van der Waals surface area (Å²) in [5, 5.41) is 0. The van der Waals surface area contributed by atoms with E-state index in [0.29, 0.717) is 18.7 Å². The van der Waals surface area contributed by atoms with E-state index in [1.807, 2.05) is 13.8 Å². The van der Waals surface area contributed by atoms with Crippen LogP contribution >= 0.6 is 0 Å². The van der Waals surface area contributed by atoms with E-state index in [1.54, 1.807) is 6.07 Å². The topological polar surface area (TPSA) is 72.2 Å². The molecule has 0 aliphatic rings. The van der Waals surface area contributed by atoms with Crippen LogP contribution in [0.2, 0.25) is 0 Å². The third kappa shape index (κ3) is 4.27. The highest BCUT2D eigenvalue weighted by Crippen LogP contribution is 2.21. The van der Waals surface area contributed by atoms with E-state index in [2.05, 4.69) is 10.6 Å². The Hall–Kier alpha value is -1.51. The average molecular weight is 280 g/mol. The highest BCUT2D eigenvalue weighted by Gasteiger charge is 2.15. The van der Waals surface area contributed by atoms with Crippen molar-refractivity contribution >= 4 is 15.7 Å². The maximum atomic E-state index is 12.1. The molecule has 104 valence electrons. The Morgan fingerprint density at radius 2 is 2.00 bits per heavy atom. The van der Waals surface area contributed by atoms with Gasteiger partial charge in [-0.1, -0.05) is 0 Å². The van der Waals surface area contributed by atoms with Gasteiger partial charge in [-0.3, -0.25) is 0 Å². The molecule has 0 radical (unpaired) electrons. The van der Waals surface area contributed by atoms with Crippen molar-refractivity contribution in [2.24, 2.45) is 0 Å². The normalized spacial score (nSPS) is 11.2. The van der Waals surface area contributed by atoms with E-state index in [-0.39, 0.29) is 4.90 Å². The number of rotatable bonds is 6. The average Bonchev–Trinajstić information content (AvgIpc) is 2.35. The fourth-order valence-electron chi connectivity index (χ4n) is 1.65. The van der Waals surface area contributed by atoms with Gasteiger partial charge in [0.15, 0.2) is 0 Å². The van der Waals surface area contributed by atoms with Crippen LogP contribution in [0.5, 0.6) is 0 Å². The molecule has 1 aromatic carbocycles. The SMILES string of the molecule is C#CCCCCNS(=O)(=O)c1cc(C)c(C)c(N)c1. The standard InChI is InChI=1S/C14H20N2O2S/c1-4-5-6-7-8-16-19(17,18)13-9-11(2)12(3)14(15)10-13/h1,9-10,16H,5-8,15H2,2-3H3. The molecule has 0 spiro atoms.